The number of hydrogen-bond donors (Lipinski definition) is 2. The molecule has 2 aliphatic rings. The summed E-state index contributed by atoms with van der Waals surface area (Å²) in [6.07, 6.45) is 3.05. The van der Waals surface area contributed by atoms with Gasteiger partial charge in [0.2, 0.25) is 0 Å². The van der Waals surface area contributed by atoms with Crippen LogP contribution in [0, 0.1) is 5.41 Å². The van der Waals surface area contributed by atoms with Crippen molar-refractivity contribution in [3.8, 4) is 0 Å². The van der Waals surface area contributed by atoms with E-state index in [1.54, 1.807) is 0 Å². The van der Waals surface area contributed by atoms with E-state index in [4.69, 9.17) is 11.6 Å². The predicted octanol–water partition coefficient (Wildman–Crippen LogP) is 2.30. The molecule has 1 saturated carbocycles. The molecule has 1 aromatic rings. The molecule has 0 unspecified atom stereocenters. The van der Waals surface area contributed by atoms with Crippen molar-refractivity contribution in [1.82, 2.24) is 5.32 Å². The Morgan fingerprint density at radius 1 is 1.12 bits per heavy atom. The topological polar surface area (TPSA) is 32.3 Å². The first-order valence-electron chi connectivity index (χ1n) is 5.86. The lowest BCUT2D eigenvalue weighted by Gasteiger charge is -2.41. The van der Waals surface area contributed by atoms with Crippen LogP contribution in [0.25, 0.3) is 0 Å². The minimum Gasteiger partial charge on any atom is -0.384 e. The molecule has 3 rings (SSSR count). The standard InChI is InChI=1S/C13H16ClNO/c14-11-3-1-10(2-4-11)13(16)7-8-15-9-12(13)5-6-12/h1-4,15-16H,5-9H2/t13-/m0/s1. The van der Waals surface area contributed by atoms with E-state index in [9.17, 15) is 5.11 Å². The number of benzene rings is 1. The third kappa shape index (κ3) is 1.41. The van der Waals surface area contributed by atoms with E-state index >= 15 is 0 Å². The van der Waals surface area contributed by atoms with E-state index in [1.807, 2.05) is 24.3 Å². The number of rotatable bonds is 1. The highest BCUT2D eigenvalue weighted by atomic mass is 35.5. The molecule has 3 heteroatoms. The van der Waals surface area contributed by atoms with Crippen molar-refractivity contribution in [2.45, 2.75) is 24.9 Å². The van der Waals surface area contributed by atoms with Gasteiger partial charge in [0, 0.05) is 17.0 Å². The quantitative estimate of drug-likeness (QED) is 0.786. The van der Waals surface area contributed by atoms with Crippen LogP contribution in [-0.4, -0.2) is 18.2 Å². The Labute approximate surface area is 101 Å². The Morgan fingerprint density at radius 2 is 1.81 bits per heavy atom. The monoisotopic (exact) mass is 237 g/mol. The average molecular weight is 238 g/mol. The molecule has 1 aliphatic carbocycles. The second kappa shape index (κ2) is 3.46. The maximum absolute atomic E-state index is 10.9. The van der Waals surface area contributed by atoms with Gasteiger partial charge in [-0.25, -0.2) is 0 Å². The number of aliphatic hydroxyl groups is 1. The maximum Gasteiger partial charge on any atom is 0.0976 e. The molecule has 2 N–H and O–H groups in total. The molecule has 1 atom stereocenters. The minimum atomic E-state index is -0.650. The van der Waals surface area contributed by atoms with Crippen molar-refractivity contribution >= 4 is 11.6 Å². The summed E-state index contributed by atoms with van der Waals surface area (Å²) in [4.78, 5) is 0. The van der Waals surface area contributed by atoms with Crippen LogP contribution in [0.2, 0.25) is 5.02 Å². The van der Waals surface area contributed by atoms with Gasteiger partial charge in [0.1, 0.15) is 0 Å². The fraction of sp³-hybridized carbons (Fsp3) is 0.538. The molecule has 16 heavy (non-hydrogen) atoms. The van der Waals surface area contributed by atoms with Gasteiger partial charge in [0.25, 0.3) is 0 Å². The van der Waals surface area contributed by atoms with Crippen molar-refractivity contribution in [2.24, 2.45) is 5.41 Å². The van der Waals surface area contributed by atoms with Crippen LogP contribution in [0.1, 0.15) is 24.8 Å². The molecule has 0 amide bonds. The van der Waals surface area contributed by atoms with Gasteiger partial charge in [-0.3, -0.25) is 0 Å². The summed E-state index contributed by atoms with van der Waals surface area (Å²) in [7, 11) is 0. The maximum atomic E-state index is 10.9. The van der Waals surface area contributed by atoms with Crippen molar-refractivity contribution in [1.29, 1.82) is 0 Å². The van der Waals surface area contributed by atoms with Crippen LogP contribution in [-0.2, 0) is 5.60 Å². The first-order chi connectivity index (χ1) is 7.66. The van der Waals surface area contributed by atoms with Gasteiger partial charge in [-0.2, -0.15) is 0 Å². The first kappa shape index (κ1) is 10.6. The molecule has 2 fully saturated rings. The van der Waals surface area contributed by atoms with Crippen LogP contribution >= 0.6 is 11.6 Å². The van der Waals surface area contributed by atoms with E-state index in [1.165, 1.54) is 0 Å². The summed E-state index contributed by atoms with van der Waals surface area (Å²) in [5.74, 6) is 0. The van der Waals surface area contributed by atoms with E-state index < -0.39 is 5.60 Å². The molecule has 1 spiro atoms. The molecular weight excluding hydrogens is 222 g/mol. The summed E-state index contributed by atoms with van der Waals surface area (Å²) in [6, 6.07) is 7.67. The number of halogens is 1. The Balaban J connectivity index is 1.99. The second-order valence-corrected chi connectivity index (χ2v) is 5.51. The van der Waals surface area contributed by atoms with E-state index in [0.29, 0.717) is 0 Å². The number of nitrogens with one attached hydrogen (secondary N) is 1. The molecule has 1 aliphatic heterocycles. The third-order valence-corrected chi connectivity index (χ3v) is 4.43. The van der Waals surface area contributed by atoms with E-state index in [2.05, 4.69) is 5.32 Å². The van der Waals surface area contributed by atoms with Crippen molar-refractivity contribution in [2.75, 3.05) is 13.1 Å². The first-order valence-corrected chi connectivity index (χ1v) is 6.23. The summed E-state index contributed by atoms with van der Waals surface area (Å²) in [5, 5.41) is 15.1. The van der Waals surface area contributed by atoms with Gasteiger partial charge in [-0.1, -0.05) is 23.7 Å². The predicted molar refractivity (Wildman–Crippen MR) is 64.5 cm³/mol. The second-order valence-electron chi connectivity index (χ2n) is 5.07. The van der Waals surface area contributed by atoms with Crippen molar-refractivity contribution in [3.63, 3.8) is 0 Å². The Morgan fingerprint density at radius 3 is 2.44 bits per heavy atom. The zero-order chi connectivity index (χ0) is 11.2. The van der Waals surface area contributed by atoms with Gasteiger partial charge in [-0.15, -0.1) is 0 Å². The molecule has 2 nitrogen and oxygen atoms in total. The van der Waals surface area contributed by atoms with Crippen LogP contribution in [0.3, 0.4) is 0 Å². The van der Waals surface area contributed by atoms with Crippen LogP contribution in [0.5, 0.6) is 0 Å². The highest BCUT2D eigenvalue weighted by Gasteiger charge is 2.60. The summed E-state index contributed by atoms with van der Waals surface area (Å²) in [5.41, 5.74) is 0.456. The molecule has 0 aromatic heterocycles. The van der Waals surface area contributed by atoms with Crippen molar-refractivity contribution < 1.29 is 5.11 Å². The number of hydrogen-bond acceptors (Lipinski definition) is 2. The molecule has 0 bridgehead atoms. The summed E-state index contributed by atoms with van der Waals surface area (Å²) in [6.45, 7) is 1.83. The smallest absolute Gasteiger partial charge is 0.0976 e. The Bertz CT molecular complexity index is 399. The Kier molecular flexibility index (Phi) is 2.29. The van der Waals surface area contributed by atoms with Crippen LogP contribution in [0.4, 0.5) is 0 Å². The lowest BCUT2D eigenvalue weighted by atomic mass is 9.74. The molecule has 1 saturated heterocycles. The summed E-state index contributed by atoms with van der Waals surface area (Å²) < 4.78 is 0. The average Bonchev–Trinajstić information content (AvgIpc) is 3.05. The van der Waals surface area contributed by atoms with Gasteiger partial charge in [0.05, 0.1) is 5.60 Å². The fourth-order valence-corrected chi connectivity index (χ4v) is 3.05. The SMILES string of the molecule is O[C@]1(c2ccc(Cl)cc2)CCNCC12CC2. The molecule has 86 valence electrons. The highest BCUT2D eigenvalue weighted by Crippen LogP contribution is 2.60. The van der Waals surface area contributed by atoms with E-state index in [0.717, 1.165) is 42.9 Å². The van der Waals surface area contributed by atoms with Crippen LogP contribution in [0.15, 0.2) is 24.3 Å². The van der Waals surface area contributed by atoms with Gasteiger partial charge >= 0.3 is 0 Å². The lowest BCUT2D eigenvalue weighted by Crippen LogP contribution is -2.49. The van der Waals surface area contributed by atoms with Crippen LogP contribution < -0.4 is 5.32 Å². The molecule has 0 radical (unpaired) electrons. The van der Waals surface area contributed by atoms with E-state index in [-0.39, 0.29) is 5.41 Å². The molecule has 1 aromatic carbocycles. The summed E-state index contributed by atoms with van der Waals surface area (Å²) >= 11 is 5.89. The zero-order valence-electron chi connectivity index (χ0n) is 9.17. The molecular formula is C13H16ClNO. The highest BCUT2D eigenvalue weighted by molar-refractivity contribution is 6.30. The fourth-order valence-electron chi connectivity index (χ4n) is 2.93. The molecule has 1 heterocycles. The van der Waals surface area contributed by atoms with Gasteiger partial charge in [0.15, 0.2) is 0 Å². The van der Waals surface area contributed by atoms with Crippen molar-refractivity contribution in [3.05, 3.63) is 34.9 Å². The normalized spacial score (nSPS) is 31.6. The van der Waals surface area contributed by atoms with Gasteiger partial charge in [-0.05, 0) is 43.5 Å². The third-order valence-electron chi connectivity index (χ3n) is 4.18. The zero-order valence-corrected chi connectivity index (χ0v) is 9.93. The number of piperidine rings is 1. The van der Waals surface area contributed by atoms with Gasteiger partial charge < -0.3 is 10.4 Å². The Hall–Kier alpha value is -0.570. The lowest BCUT2D eigenvalue weighted by molar-refractivity contribution is -0.0612. The largest absolute Gasteiger partial charge is 0.384 e. The minimum absolute atomic E-state index is 0.0824.